The van der Waals surface area contributed by atoms with E-state index in [0.29, 0.717) is 11.9 Å². The fraction of sp³-hybridized carbons (Fsp3) is 0.786. The highest BCUT2D eigenvalue weighted by atomic mass is 79.9. The number of nitrogens with one attached hydrogen (secondary N) is 1. The molecule has 0 aromatic carbocycles. The van der Waals surface area contributed by atoms with E-state index in [0.717, 1.165) is 29.6 Å². The first-order valence-electron chi connectivity index (χ1n) is 6.80. The quantitative estimate of drug-likeness (QED) is 0.789. The van der Waals surface area contributed by atoms with E-state index in [9.17, 15) is 0 Å². The minimum atomic E-state index is 0.202. The van der Waals surface area contributed by atoms with Crippen LogP contribution in [0.5, 0.6) is 0 Å². The van der Waals surface area contributed by atoms with Crippen LogP contribution in [0, 0.1) is 5.41 Å². The zero-order chi connectivity index (χ0) is 14.6. The average Bonchev–Trinajstić information content (AvgIpc) is 2.59. The third kappa shape index (κ3) is 4.47. The minimum Gasteiger partial charge on any atom is -0.308 e. The molecule has 1 rings (SSSR count). The molecule has 0 saturated heterocycles. The van der Waals surface area contributed by atoms with Crippen LogP contribution in [0.3, 0.4) is 0 Å². The van der Waals surface area contributed by atoms with Crippen LogP contribution in [0.2, 0.25) is 0 Å². The molecule has 0 radical (unpaired) electrons. The van der Waals surface area contributed by atoms with Crippen LogP contribution >= 0.6 is 27.5 Å². The summed E-state index contributed by atoms with van der Waals surface area (Å²) in [6.45, 7) is 9.66. The molecule has 1 atom stereocenters. The van der Waals surface area contributed by atoms with Gasteiger partial charge in [-0.3, -0.25) is 4.68 Å². The topological polar surface area (TPSA) is 29.9 Å². The molecule has 1 heterocycles. The molecular formula is C14H25BrClN3. The molecule has 0 bridgehead atoms. The van der Waals surface area contributed by atoms with Crippen molar-refractivity contribution in [3.8, 4) is 0 Å². The minimum absolute atomic E-state index is 0.202. The molecule has 19 heavy (non-hydrogen) atoms. The van der Waals surface area contributed by atoms with Gasteiger partial charge >= 0.3 is 0 Å². The molecule has 1 aromatic heterocycles. The van der Waals surface area contributed by atoms with Crippen LogP contribution in [0.15, 0.2) is 4.47 Å². The number of rotatable bonds is 6. The molecule has 110 valence electrons. The highest BCUT2D eigenvalue weighted by Gasteiger charge is 2.24. The van der Waals surface area contributed by atoms with Crippen molar-refractivity contribution in [3.05, 3.63) is 15.9 Å². The summed E-state index contributed by atoms with van der Waals surface area (Å²) < 4.78 is 3.08. The Labute approximate surface area is 130 Å². The molecule has 0 saturated carbocycles. The van der Waals surface area contributed by atoms with Crippen molar-refractivity contribution in [2.75, 3.05) is 5.88 Å². The Balaban J connectivity index is 2.77. The summed E-state index contributed by atoms with van der Waals surface area (Å²) in [5.74, 6) is 0.682. The van der Waals surface area contributed by atoms with Gasteiger partial charge in [0.05, 0.1) is 15.9 Å². The van der Waals surface area contributed by atoms with E-state index in [1.54, 1.807) is 0 Å². The first kappa shape index (κ1) is 17.0. The number of hydrogen-bond acceptors (Lipinski definition) is 2. The maximum atomic E-state index is 5.91. The number of aromatic nitrogens is 2. The fourth-order valence-electron chi connectivity index (χ4n) is 2.18. The molecule has 1 aromatic rings. The highest BCUT2D eigenvalue weighted by Crippen LogP contribution is 2.25. The molecule has 0 aliphatic heterocycles. The summed E-state index contributed by atoms with van der Waals surface area (Å²) in [7, 11) is 1.99. The van der Waals surface area contributed by atoms with E-state index in [1.807, 2.05) is 11.7 Å². The highest BCUT2D eigenvalue weighted by molar-refractivity contribution is 9.10. The van der Waals surface area contributed by atoms with Crippen molar-refractivity contribution in [1.82, 2.24) is 15.1 Å². The van der Waals surface area contributed by atoms with Gasteiger partial charge < -0.3 is 5.32 Å². The predicted octanol–water partition coefficient (Wildman–Crippen LogP) is 3.88. The van der Waals surface area contributed by atoms with Crippen LogP contribution in [-0.2, 0) is 20.0 Å². The first-order chi connectivity index (χ1) is 8.81. The Bertz CT molecular complexity index is 410. The van der Waals surface area contributed by atoms with Gasteiger partial charge in [-0.15, -0.1) is 11.6 Å². The summed E-state index contributed by atoms with van der Waals surface area (Å²) in [6, 6.07) is 0.400. The molecule has 0 fully saturated rings. The zero-order valence-electron chi connectivity index (χ0n) is 12.6. The fourth-order valence-corrected chi connectivity index (χ4v) is 3.16. The zero-order valence-corrected chi connectivity index (χ0v) is 14.9. The molecule has 0 aliphatic rings. The molecule has 0 aliphatic carbocycles. The maximum absolute atomic E-state index is 5.91. The van der Waals surface area contributed by atoms with Crippen LogP contribution < -0.4 is 5.32 Å². The number of halogens is 2. The van der Waals surface area contributed by atoms with Gasteiger partial charge in [0.25, 0.3) is 0 Å². The monoisotopic (exact) mass is 349 g/mol. The van der Waals surface area contributed by atoms with Gasteiger partial charge in [-0.25, -0.2) is 0 Å². The van der Waals surface area contributed by atoms with Crippen LogP contribution in [0.25, 0.3) is 0 Å². The van der Waals surface area contributed by atoms with Gasteiger partial charge in [0.15, 0.2) is 0 Å². The normalized spacial score (nSPS) is 13.8. The maximum Gasteiger partial charge on any atom is 0.0767 e. The SMILES string of the molecule is CCc1nn(C)c(CNC(CCCl)C(C)(C)C)c1Br. The van der Waals surface area contributed by atoms with Gasteiger partial charge in [0.1, 0.15) is 0 Å². The molecule has 1 N–H and O–H groups in total. The largest absolute Gasteiger partial charge is 0.308 e. The van der Waals surface area contributed by atoms with E-state index in [2.05, 4.69) is 54.0 Å². The predicted molar refractivity (Wildman–Crippen MR) is 85.7 cm³/mol. The van der Waals surface area contributed by atoms with Crippen LogP contribution in [-0.4, -0.2) is 21.7 Å². The van der Waals surface area contributed by atoms with Crippen LogP contribution in [0.4, 0.5) is 0 Å². The molecule has 3 nitrogen and oxygen atoms in total. The van der Waals surface area contributed by atoms with Gasteiger partial charge in [0, 0.05) is 25.5 Å². The van der Waals surface area contributed by atoms with E-state index in [1.165, 1.54) is 5.69 Å². The standard InChI is InChI=1S/C14H25BrClN3/c1-6-10-13(15)11(19(5)18-10)9-17-12(7-8-16)14(2,3)4/h12,17H,6-9H2,1-5H3. The summed E-state index contributed by atoms with van der Waals surface area (Å²) >= 11 is 9.56. The first-order valence-corrected chi connectivity index (χ1v) is 8.13. The Morgan fingerprint density at radius 1 is 1.42 bits per heavy atom. The summed E-state index contributed by atoms with van der Waals surface area (Å²) in [6.07, 6.45) is 1.92. The summed E-state index contributed by atoms with van der Waals surface area (Å²) in [5, 5.41) is 8.14. The number of nitrogens with zero attached hydrogens (tertiary/aromatic N) is 2. The molecule has 5 heteroatoms. The lowest BCUT2D eigenvalue weighted by Crippen LogP contribution is -2.40. The van der Waals surface area contributed by atoms with E-state index in [-0.39, 0.29) is 5.41 Å². The Morgan fingerprint density at radius 2 is 2.05 bits per heavy atom. The summed E-state index contributed by atoms with van der Waals surface area (Å²) in [5.41, 5.74) is 2.51. The third-order valence-electron chi connectivity index (χ3n) is 3.46. The number of hydrogen-bond donors (Lipinski definition) is 1. The van der Waals surface area contributed by atoms with E-state index >= 15 is 0 Å². The van der Waals surface area contributed by atoms with Crippen molar-refractivity contribution >= 4 is 27.5 Å². The van der Waals surface area contributed by atoms with Crippen molar-refractivity contribution in [2.45, 2.75) is 53.1 Å². The Hall–Kier alpha value is -0.0600. The molecule has 1 unspecified atom stereocenters. The summed E-state index contributed by atoms with van der Waals surface area (Å²) in [4.78, 5) is 0. The molecule has 0 spiro atoms. The molecule has 0 amide bonds. The van der Waals surface area contributed by atoms with Crippen LogP contribution in [0.1, 0.15) is 45.5 Å². The second-order valence-electron chi connectivity index (χ2n) is 5.96. The number of aryl methyl sites for hydroxylation is 2. The lowest BCUT2D eigenvalue weighted by molar-refractivity contribution is 0.259. The Kier molecular flexibility index (Phi) is 6.34. The van der Waals surface area contributed by atoms with E-state index < -0.39 is 0 Å². The smallest absolute Gasteiger partial charge is 0.0767 e. The van der Waals surface area contributed by atoms with Crippen molar-refractivity contribution < 1.29 is 0 Å². The van der Waals surface area contributed by atoms with Gasteiger partial charge in [0.2, 0.25) is 0 Å². The van der Waals surface area contributed by atoms with Crippen molar-refractivity contribution in [2.24, 2.45) is 12.5 Å². The van der Waals surface area contributed by atoms with Gasteiger partial charge in [-0.2, -0.15) is 5.10 Å². The van der Waals surface area contributed by atoms with Crippen molar-refractivity contribution in [1.29, 1.82) is 0 Å². The number of alkyl halides is 1. The van der Waals surface area contributed by atoms with Gasteiger partial charge in [-0.1, -0.05) is 27.7 Å². The second kappa shape index (κ2) is 7.09. The lowest BCUT2D eigenvalue weighted by Gasteiger charge is -2.31. The Morgan fingerprint density at radius 3 is 2.47 bits per heavy atom. The van der Waals surface area contributed by atoms with Crippen molar-refractivity contribution in [3.63, 3.8) is 0 Å². The molecular weight excluding hydrogens is 326 g/mol. The average molecular weight is 351 g/mol. The third-order valence-corrected chi connectivity index (χ3v) is 4.60. The van der Waals surface area contributed by atoms with Gasteiger partial charge in [-0.05, 0) is 34.2 Å². The lowest BCUT2D eigenvalue weighted by atomic mass is 9.85. The van der Waals surface area contributed by atoms with E-state index in [4.69, 9.17) is 11.6 Å². The second-order valence-corrected chi connectivity index (χ2v) is 7.13.